The van der Waals surface area contributed by atoms with Crippen molar-refractivity contribution >= 4 is 44.3 Å². The van der Waals surface area contributed by atoms with Crippen molar-refractivity contribution in [1.82, 2.24) is 0 Å². The maximum atomic E-state index is 13.1. The second-order valence-corrected chi connectivity index (χ2v) is 9.02. The van der Waals surface area contributed by atoms with Crippen molar-refractivity contribution in [2.24, 2.45) is 4.99 Å². The number of halogens is 1. The van der Waals surface area contributed by atoms with Crippen LogP contribution in [-0.2, 0) is 11.2 Å². The highest BCUT2D eigenvalue weighted by Crippen LogP contribution is 2.52. The van der Waals surface area contributed by atoms with Crippen LogP contribution in [0.15, 0.2) is 58.0 Å². The molecule has 3 heterocycles. The molecule has 1 amide bonds. The molecule has 1 saturated heterocycles. The predicted molar refractivity (Wildman–Crippen MR) is 107 cm³/mol. The van der Waals surface area contributed by atoms with Crippen LogP contribution in [0.25, 0.3) is 0 Å². The fourth-order valence-corrected chi connectivity index (χ4v) is 6.32. The molecule has 0 radical (unpaired) electrons. The SMILES string of the molecule is O=C1N=C(c2ccccc2)SC12Cc1c(Br)cccc1N1CCCC12. The minimum Gasteiger partial charge on any atom is -0.366 e. The van der Waals surface area contributed by atoms with Gasteiger partial charge in [-0.15, -0.1) is 0 Å². The number of carbonyl (C=O) groups excluding carboxylic acids is 1. The highest BCUT2D eigenvalue weighted by molar-refractivity contribution is 9.10. The Balaban J connectivity index is 1.60. The number of carbonyl (C=O) groups is 1. The molecular weight excluding hydrogens is 396 g/mol. The lowest BCUT2D eigenvalue weighted by Crippen LogP contribution is -2.55. The zero-order chi connectivity index (χ0) is 17.0. The number of thioether (sulfide) groups is 1. The van der Waals surface area contributed by atoms with Crippen molar-refractivity contribution in [3.8, 4) is 0 Å². The zero-order valence-electron chi connectivity index (χ0n) is 13.6. The van der Waals surface area contributed by atoms with Crippen molar-refractivity contribution in [3.05, 3.63) is 64.1 Å². The second kappa shape index (κ2) is 5.71. The van der Waals surface area contributed by atoms with E-state index in [-0.39, 0.29) is 11.9 Å². The van der Waals surface area contributed by atoms with Crippen LogP contribution in [0.2, 0.25) is 0 Å². The molecule has 3 aliphatic rings. The molecule has 1 spiro atoms. The fourth-order valence-electron chi connectivity index (χ4n) is 4.36. The number of nitrogens with zero attached hydrogens (tertiary/aromatic N) is 2. The summed E-state index contributed by atoms with van der Waals surface area (Å²) in [5.41, 5.74) is 3.57. The van der Waals surface area contributed by atoms with Gasteiger partial charge in [0.2, 0.25) is 0 Å². The lowest BCUT2D eigenvalue weighted by Gasteiger charge is -2.44. The molecule has 3 nitrogen and oxygen atoms in total. The Morgan fingerprint density at radius 1 is 1.16 bits per heavy atom. The largest absolute Gasteiger partial charge is 0.366 e. The standard InChI is InChI=1S/C20H17BrN2OS/c21-15-8-4-9-16-14(15)12-20(17-10-5-11-23(16)17)19(24)22-18(25-20)13-6-2-1-3-7-13/h1-4,6-9,17H,5,10-12H2. The lowest BCUT2D eigenvalue weighted by atomic mass is 9.84. The molecule has 2 aromatic rings. The number of aliphatic imine (C=N–C) groups is 1. The van der Waals surface area contributed by atoms with E-state index in [1.165, 1.54) is 11.3 Å². The van der Waals surface area contributed by atoms with Crippen LogP contribution < -0.4 is 4.90 Å². The van der Waals surface area contributed by atoms with Crippen molar-refractivity contribution in [3.63, 3.8) is 0 Å². The molecule has 0 aliphatic carbocycles. The topological polar surface area (TPSA) is 32.7 Å². The molecule has 126 valence electrons. The average Bonchev–Trinajstić information content (AvgIpc) is 3.24. The minimum atomic E-state index is -0.488. The van der Waals surface area contributed by atoms with Crippen LogP contribution in [0.4, 0.5) is 5.69 Å². The van der Waals surface area contributed by atoms with Gasteiger partial charge in [0.1, 0.15) is 9.79 Å². The first-order chi connectivity index (χ1) is 12.2. The number of fused-ring (bicyclic) bond motifs is 4. The van der Waals surface area contributed by atoms with Crippen molar-refractivity contribution < 1.29 is 4.79 Å². The molecule has 2 unspecified atom stereocenters. The Hall–Kier alpha value is -1.59. The van der Waals surface area contributed by atoms with E-state index >= 15 is 0 Å². The summed E-state index contributed by atoms with van der Waals surface area (Å²) in [7, 11) is 0. The van der Waals surface area contributed by atoms with Crippen LogP contribution >= 0.6 is 27.7 Å². The van der Waals surface area contributed by atoms with Crippen LogP contribution in [0, 0.1) is 0 Å². The highest BCUT2D eigenvalue weighted by Gasteiger charge is 2.57. The van der Waals surface area contributed by atoms with Gasteiger partial charge in [0.25, 0.3) is 5.91 Å². The predicted octanol–water partition coefficient (Wildman–Crippen LogP) is 4.43. The highest BCUT2D eigenvalue weighted by atomic mass is 79.9. The van der Waals surface area contributed by atoms with E-state index in [4.69, 9.17) is 0 Å². The van der Waals surface area contributed by atoms with Crippen LogP contribution in [0.3, 0.4) is 0 Å². The maximum Gasteiger partial charge on any atom is 0.265 e. The number of amides is 1. The average molecular weight is 413 g/mol. The molecule has 5 heteroatoms. The van der Waals surface area contributed by atoms with Gasteiger partial charge in [-0.1, -0.05) is 64.1 Å². The van der Waals surface area contributed by atoms with Gasteiger partial charge in [0.05, 0.1) is 6.04 Å². The van der Waals surface area contributed by atoms with Crippen molar-refractivity contribution in [2.75, 3.05) is 11.4 Å². The Morgan fingerprint density at radius 3 is 2.84 bits per heavy atom. The van der Waals surface area contributed by atoms with Gasteiger partial charge in [-0.2, -0.15) is 0 Å². The summed E-state index contributed by atoms with van der Waals surface area (Å²) in [4.78, 5) is 20.1. The number of hydrogen-bond donors (Lipinski definition) is 0. The van der Waals surface area contributed by atoms with Crippen LogP contribution in [0.1, 0.15) is 24.0 Å². The van der Waals surface area contributed by atoms with Gasteiger partial charge in [0.15, 0.2) is 0 Å². The molecule has 25 heavy (non-hydrogen) atoms. The van der Waals surface area contributed by atoms with Crippen molar-refractivity contribution in [1.29, 1.82) is 0 Å². The summed E-state index contributed by atoms with van der Waals surface area (Å²) in [6.45, 7) is 1.02. The third-order valence-corrected chi connectivity index (χ3v) is 7.72. The Bertz CT molecular complexity index is 898. The first-order valence-electron chi connectivity index (χ1n) is 8.61. The van der Waals surface area contributed by atoms with Crippen LogP contribution in [0.5, 0.6) is 0 Å². The normalized spacial score (nSPS) is 27.4. The van der Waals surface area contributed by atoms with Gasteiger partial charge < -0.3 is 4.90 Å². The second-order valence-electron chi connectivity index (χ2n) is 6.85. The molecule has 5 rings (SSSR count). The smallest absolute Gasteiger partial charge is 0.265 e. The summed E-state index contributed by atoms with van der Waals surface area (Å²) in [5.74, 6) is 0.0367. The summed E-state index contributed by atoms with van der Waals surface area (Å²) >= 11 is 5.39. The Morgan fingerprint density at radius 2 is 2.00 bits per heavy atom. The molecule has 2 aromatic carbocycles. The first-order valence-corrected chi connectivity index (χ1v) is 10.2. The van der Waals surface area contributed by atoms with E-state index in [1.54, 1.807) is 11.8 Å². The summed E-state index contributed by atoms with van der Waals surface area (Å²) < 4.78 is 0.606. The number of hydrogen-bond acceptors (Lipinski definition) is 3. The molecular formula is C20H17BrN2OS. The molecule has 0 aromatic heterocycles. The van der Waals surface area contributed by atoms with E-state index in [2.05, 4.69) is 44.0 Å². The molecule has 3 aliphatic heterocycles. The molecule has 0 saturated carbocycles. The molecule has 0 bridgehead atoms. The van der Waals surface area contributed by atoms with Crippen molar-refractivity contribution in [2.45, 2.75) is 30.1 Å². The van der Waals surface area contributed by atoms with Gasteiger partial charge in [-0.05, 0) is 30.5 Å². The third kappa shape index (κ3) is 2.25. The third-order valence-electron chi connectivity index (χ3n) is 5.50. The maximum absolute atomic E-state index is 13.1. The van der Waals surface area contributed by atoms with E-state index in [0.29, 0.717) is 0 Å². The van der Waals surface area contributed by atoms with E-state index in [9.17, 15) is 4.79 Å². The Labute approximate surface area is 159 Å². The van der Waals surface area contributed by atoms with E-state index < -0.39 is 4.75 Å². The van der Waals surface area contributed by atoms with Crippen LogP contribution in [-0.4, -0.2) is 28.3 Å². The van der Waals surface area contributed by atoms with E-state index in [0.717, 1.165) is 40.9 Å². The summed E-state index contributed by atoms with van der Waals surface area (Å²) in [5, 5.41) is 0.868. The monoisotopic (exact) mass is 412 g/mol. The number of benzene rings is 2. The summed E-state index contributed by atoms with van der Waals surface area (Å²) in [6.07, 6.45) is 2.93. The minimum absolute atomic E-state index is 0.0367. The first kappa shape index (κ1) is 15.6. The summed E-state index contributed by atoms with van der Waals surface area (Å²) in [6, 6.07) is 16.7. The van der Waals surface area contributed by atoms with Gasteiger partial charge in [-0.3, -0.25) is 4.79 Å². The molecule has 1 fully saturated rings. The van der Waals surface area contributed by atoms with E-state index in [1.807, 2.05) is 30.3 Å². The number of rotatable bonds is 1. The fraction of sp³-hybridized carbons (Fsp3) is 0.300. The zero-order valence-corrected chi connectivity index (χ0v) is 16.0. The van der Waals surface area contributed by atoms with Gasteiger partial charge >= 0.3 is 0 Å². The van der Waals surface area contributed by atoms with Gasteiger partial charge in [-0.25, -0.2) is 4.99 Å². The Kier molecular flexibility index (Phi) is 3.57. The van der Waals surface area contributed by atoms with Gasteiger partial charge in [0, 0.05) is 28.7 Å². The number of anilines is 1. The quantitative estimate of drug-likeness (QED) is 0.694. The molecule has 2 atom stereocenters. The lowest BCUT2D eigenvalue weighted by molar-refractivity contribution is -0.120. The molecule has 0 N–H and O–H groups in total.